The number of hydrogen-bond acceptors (Lipinski definition) is 5. The zero-order valence-electron chi connectivity index (χ0n) is 24.0. The number of piperazine rings is 1. The van der Waals surface area contributed by atoms with Crippen LogP contribution in [0.5, 0.6) is 5.75 Å². The summed E-state index contributed by atoms with van der Waals surface area (Å²) in [6, 6.07) is 7.56. The van der Waals surface area contributed by atoms with Gasteiger partial charge in [-0.1, -0.05) is 58.9 Å². The lowest BCUT2D eigenvalue weighted by atomic mass is 10.0. The molecule has 14 heteroatoms. The van der Waals surface area contributed by atoms with Gasteiger partial charge in [0.15, 0.2) is 0 Å². The summed E-state index contributed by atoms with van der Waals surface area (Å²) in [5, 5.41) is 2.60. The highest BCUT2D eigenvalue weighted by atomic mass is 32.2. The smallest absolute Gasteiger partial charge is 0.406 e. The van der Waals surface area contributed by atoms with Gasteiger partial charge in [0.2, 0.25) is 21.8 Å². The first-order chi connectivity index (χ1) is 19.5. The third-order valence-electron chi connectivity index (χ3n) is 6.39. The van der Waals surface area contributed by atoms with Crippen LogP contribution in [0.1, 0.15) is 52.2 Å². The van der Waals surface area contributed by atoms with E-state index in [-0.39, 0.29) is 49.0 Å². The Hall–Kier alpha value is -3.26. The van der Waals surface area contributed by atoms with E-state index in [9.17, 15) is 40.0 Å². The van der Waals surface area contributed by atoms with Gasteiger partial charge in [0, 0.05) is 44.1 Å². The maximum atomic E-state index is 13.9. The molecule has 8 nitrogen and oxygen atoms in total. The number of carbonyl (C=O) groups is 2. The first kappa shape index (κ1) is 34.9. The number of alkyl halides is 5. The number of halogens is 5. The van der Waals surface area contributed by atoms with E-state index < -0.39 is 45.9 Å². The van der Waals surface area contributed by atoms with Crippen molar-refractivity contribution in [1.82, 2.24) is 14.5 Å². The Labute approximate surface area is 242 Å². The molecule has 0 spiro atoms. The predicted molar refractivity (Wildman–Crippen MR) is 146 cm³/mol. The molecule has 2 aromatic carbocycles. The minimum absolute atomic E-state index is 0.00237. The number of hydrogen-bond donors (Lipinski definition) is 1. The molecule has 2 aromatic rings. The van der Waals surface area contributed by atoms with Crippen molar-refractivity contribution in [2.24, 2.45) is 5.92 Å². The molecule has 1 fully saturated rings. The van der Waals surface area contributed by atoms with Crippen LogP contribution in [0, 0.1) is 5.92 Å². The minimum atomic E-state index is -4.96. The van der Waals surface area contributed by atoms with Crippen molar-refractivity contribution < 1.29 is 44.7 Å². The molecular weight excluding hydrogens is 585 g/mol. The molecule has 0 unspecified atom stereocenters. The number of nitrogens with zero attached hydrogens (tertiary/aromatic N) is 2. The lowest BCUT2D eigenvalue weighted by molar-refractivity contribution is -0.274. The highest BCUT2D eigenvalue weighted by Gasteiger charge is 2.42. The Kier molecular flexibility index (Phi) is 11.9. The Morgan fingerprint density at radius 2 is 1.55 bits per heavy atom. The number of nitrogens with one attached hydrogen (secondary N) is 1. The average Bonchev–Trinajstić information content (AvgIpc) is 2.95. The van der Waals surface area contributed by atoms with E-state index in [1.807, 2.05) is 13.8 Å². The van der Waals surface area contributed by atoms with Gasteiger partial charge in [0.25, 0.3) is 5.92 Å². The molecule has 1 aliphatic heterocycles. The van der Waals surface area contributed by atoms with E-state index >= 15 is 0 Å². The second kappa shape index (κ2) is 14.3. The molecule has 1 heterocycles. The monoisotopic (exact) mass is 621 g/mol. The Morgan fingerprint density at radius 3 is 2.05 bits per heavy atom. The van der Waals surface area contributed by atoms with Crippen LogP contribution in [-0.4, -0.2) is 61.5 Å². The van der Waals surface area contributed by atoms with Gasteiger partial charge in [0.05, 0.1) is 4.90 Å². The topological polar surface area (TPSA) is 96.0 Å². The summed E-state index contributed by atoms with van der Waals surface area (Å²) >= 11 is 0. The number of benzene rings is 2. The lowest BCUT2D eigenvalue weighted by Crippen LogP contribution is -2.61. The fraction of sp³-hybridized carbons (Fsp3) is 0.500. The van der Waals surface area contributed by atoms with Gasteiger partial charge in [-0.2, -0.15) is 4.31 Å². The fourth-order valence-corrected chi connectivity index (χ4v) is 5.73. The number of amides is 2. The van der Waals surface area contributed by atoms with Crippen molar-refractivity contribution in [3.05, 3.63) is 59.7 Å². The van der Waals surface area contributed by atoms with E-state index in [4.69, 9.17) is 0 Å². The van der Waals surface area contributed by atoms with Crippen molar-refractivity contribution in [2.45, 2.75) is 70.8 Å². The van der Waals surface area contributed by atoms with E-state index in [1.165, 1.54) is 36.1 Å². The fourth-order valence-electron chi connectivity index (χ4n) is 4.16. The quantitative estimate of drug-likeness (QED) is 0.384. The van der Waals surface area contributed by atoms with E-state index in [0.29, 0.717) is 5.56 Å². The van der Waals surface area contributed by atoms with E-state index in [0.717, 1.165) is 28.6 Å². The van der Waals surface area contributed by atoms with Gasteiger partial charge in [-0.25, -0.2) is 17.2 Å². The summed E-state index contributed by atoms with van der Waals surface area (Å²) in [4.78, 5) is 26.9. The summed E-state index contributed by atoms with van der Waals surface area (Å²) in [5.74, 6) is -5.04. The average molecular weight is 622 g/mol. The third kappa shape index (κ3) is 8.87. The Bertz CT molecular complexity index is 1300. The predicted octanol–water partition coefficient (Wildman–Crippen LogP) is 5.29. The van der Waals surface area contributed by atoms with Gasteiger partial charge in [-0.3, -0.25) is 9.59 Å². The Balaban J connectivity index is 0.00000301. The van der Waals surface area contributed by atoms with Crippen LogP contribution in [0.3, 0.4) is 0 Å². The number of ether oxygens (including phenoxy) is 1. The molecule has 234 valence electrons. The number of sulfonamides is 1. The summed E-state index contributed by atoms with van der Waals surface area (Å²) in [6.07, 6.45) is -5.33. The van der Waals surface area contributed by atoms with Crippen LogP contribution >= 0.6 is 0 Å². The maximum Gasteiger partial charge on any atom is 0.573 e. The van der Waals surface area contributed by atoms with Crippen LogP contribution in [-0.2, 0) is 32.1 Å². The van der Waals surface area contributed by atoms with Gasteiger partial charge in [-0.15, -0.1) is 13.2 Å². The van der Waals surface area contributed by atoms with Crippen LogP contribution in [0.4, 0.5) is 22.0 Å². The summed E-state index contributed by atoms with van der Waals surface area (Å²) in [5.41, 5.74) is 0.314. The molecule has 1 saturated heterocycles. The van der Waals surface area contributed by atoms with Crippen molar-refractivity contribution in [2.75, 3.05) is 19.6 Å². The highest BCUT2D eigenvalue weighted by molar-refractivity contribution is 7.89. The standard InChI is InChI=1S/C26H30F5N3O5S.C2H6/c1-4-25(27,28)19-7-5-18(6-8-19)15-32-23(35)22-16-33(24(36)17(2)3)13-14-34(22)40(37,38)21-11-9-20(10-12-21)39-26(29,30)31;1-2/h5-12,17,22H,4,13-16H2,1-3H3,(H,32,35);1-2H3/t22-;/m1./s1. The molecule has 0 saturated carbocycles. The van der Waals surface area contributed by atoms with E-state index in [2.05, 4.69) is 10.1 Å². The minimum Gasteiger partial charge on any atom is -0.406 e. The van der Waals surface area contributed by atoms with Crippen molar-refractivity contribution in [3.63, 3.8) is 0 Å². The highest BCUT2D eigenvalue weighted by Crippen LogP contribution is 2.31. The van der Waals surface area contributed by atoms with Crippen LogP contribution in [0.2, 0.25) is 0 Å². The number of rotatable bonds is 9. The van der Waals surface area contributed by atoms with Gasteiger partial charge >= 0.3 is 6.36 Å². The molecular formula is C28H36F5N3O5S. The van der Waals surface area contributed by atoms with Crippen molar-refractivity contribution in [1.29, 1.82) is 0 Å². The van der Waals surface area contributed by atoms with E-state index in [1.54, 1.807) is 13.8 Å². The van der Waals surface area contributed by atoms with Gasteiger partial charge < -0.3 is 15.0 Å². The molecule has 2 amide bonds. The zero-order chi connectivity index (χ0) is 31.9. The molecule has 1 atom stereocenters. The van der Waals surface area contributed by atoms with Crippen LogP contribution < -0.4 is 10.1 Å². The Morgan fingerprint density at radius 1 is 0.976 bits per heavy atom. The summed E-state index contributed by atoms with van der Waals surface area (Å²) in [6.45, 7) is 8.11. The second-order valence-electron chi connectivity index (χ2n) is 9.56. The zero-order valence-corrected chi connectivity index (χ0v) is 24.9. The van der Waals surface area contributed by atoms with Gasteiger partial charge in [0.1, 0.15) is 11.8 Å². The summed E-state index contributed by atoms with van der Waals surface area (Å²) < 4.78 is 96.9. The van der Waals surface area contributed by atoms with Gasteiger partial charge in [-0.05, 0) is 29.8 Å². The SMILES string of the molecule is CC.CCC(F)(F)c1ccc(CNC(=O)[C@H]2CN(C(=O)C(C)C)CCN2S(=O)(=O)c2ccc(OC(F)(F)F)cc2)cc1. The molecule has 0 bridgehead atoms. The molecule has 0 aromatic heterocycles. The lowest BCUT2D eigenvalue weighted by Gasteiger charge is -2.40. The maximum absolute atomic E-state index is 13.9. The van der Waals surface area contributed by atoms with Crippen LogP contribution in [0.25, 0.3) is 0 Å². The first-order valence-corrected chi connectivity index (χ1v) is 14.9. The molecule has 42 heavy (non-hydrogen) atoms. The first-order valence-electron chi connectivity index (χ1n) is 13.5. The molecule has 1 N–H and O–H groups in total. The molecule has 0 radical (unpaired) electrons. The largest absolute Gasteiger partial charge is 0.573 e. The second-order valence-corrected chi connectivity index (χ2v) is 11.5. The molecule has 0 aliphatic carbocycles. The van der Waals surface area contributed by atoms with Crippen molar-refractivity contribution >= 4 is 21.8 Å². The number of carbonyl (C=O) groups excluding carboxylic acids is 2. The molecule has 1 aliphatic rings. The van der Waals surface area contributed by atoms with Crippen LogP contribution in [0.15, 0.2) is 53.4 Å². The summed E-state index contributed by atoms with van der Waals surface area (Å²) in [7, 11) is -4.38. The normalized spacial score (nSPS) is 16.5. The van der Waals surface area contributed by atoms with Crippen molar-refractivity contribution in [3.8, 4) is 5.75 Å². The molecule has 3 rings (SSSR count). The third-order valence-corrected chi connectivity index (χ3v) is 8.31.